The van der Waals surface area contributed by atoms with Gasteiger partial charge in [0.1, 0.15) is 5.84 Å². The van der Waals surface area contributed by atoms with Gasteiger partial charge in [0.25, 0.3) is 5.91 Å². The van der Waals surface area contributed by atoms with Gasteiger partial charge in [0.2, 0.25) is 0 Å². The van der Waals surface area contributed by atoms with Crippen molar-refractivity contribution in [2.24, 2.45) is 0 Å². The maximum Gasteiger partial charge on any atom is 0.412 e. The minimum atomic E-state index is -0.812. The van der Waals surface area contributed by atoms with E-state index in [0.29, 0.717) is 37.2 Å². The number of likely N-dealkylation sites (tertiary alicyclic amines) is 1. The fourth-order valence-electron chi connectivity index (χ4n) is 4.70. The van der Waals surface area contributed by atoms with Crippen molar-refractivity contribution in [2.45, 2.75) is 58.6 Å². The van der Waals surface area contributed by atoms with Gasteiger partial charge >= 0.3 is 12.1 Å². The fourth-order valence-corrected chi connectivity index (χ4v) is 4.70. The van der Waals surface area contributed by atoms with Gasteiger partial charge in [-0.2, -0.15) is 0 Å². The molecular formula is C32H40N4O6. The highest BCUT2D eigenvalue weighted by atomic mass is 16.6. The molecule has 1 aliphatic rings. The Morgan fingerprint density at radius 2 is 1.88 bits per heavy atom. The molecule has 2 aromatic rings. The van der Waals surface area contributed by atoms with Gasteiger partial charge in [-0.3, -0.25) is 15.5 Å². The second kappa shape index (κ2) is 16.2. The zero-order valence-electron chi connectivity index (χ0n) is 24.7. The number of esters is 1. The lowest BCUT2D eigenvalue weighted by molar-refractivity contribution is -0.158. The number of amides is 2. The highest BCUT2D eigenvalue weighted by Crippen LogP contribution is 2.26. The predicted octanol–water partition coefficient (Wildman–Crippen LogP) is 4.49. The lowest BCUT2D eigenvalue weighted by atomic mass is 10.0. The van der Waals surface area contributed by atoms with E-state index in [4.69, 9.17) is 19.6 Å². The van der Waals surface area contributed by atoms with E-state index in [0.717, 1.165) is 36.1 Å². The summed E-state index contributed by atoms with van der Waals surface area (Å²) >= 11 is 0. The van der Waals surface area contributed by atoms with Crippen molar-refractivity contribution < 1.29 is 28.6 Å². The molecule has 10 heteroatoms. The molecule has 1 fully saturated rings. The Kier molecular flexibility index (Phi) is 12.4. The van der Waals surface area contributed by atoms with Crippen LogP contribution in [0.2, 0.25) is 0 Å². The SMILES string of the molecule is CCCCOC(=O)NC(=N)c1ccc(NCC#Cc2ccc(C(=O)N3CCCC3C(OC)C(=O)OCC)c(C)c2)cc1. The van der Waals surface area contributed by atoms with Crippen molar-refractivity contribution in [3.05, 3.63) is 64.7 Å². The van der Waals surface area contributed by atoms with Gasteiger partial charge in [0.15, 0.2) is 6.10 Å². The summed E-state index contributed by atoms with van der Waals surface area (Å²) in [5.41, 5.74) is 3.53. The number of carbonyl (C=O) groups is 3. The van der Waals surface area contributed by atoms with Gasteiger partial charge in [0.05, 0.1) is 25.8 Å². The molecule has 2 aromatic carbocycles. The Balaban J connectivity index is 1.55. The Hall–Kier alpha value is -4.36. The Morgan fingerprint density at radius 1 is 1.12 bits per heavy atom. The van der Waals surface area contributed by atoms with Gasteiger partial charge in [-0.1, -0.05) is 25.2 Å². The van der Waals surface area contributed by atoms with Crippen LogP contribution in [0, 0.1) is 24.2 Å². The van der Waals surface area contributed by atoms with Gasteiger partial charge in [-0.25, -0.2) is 9.59 Å². The molecule has 2 unspecified atom stereocenters. The largest absolute Gasteiger partial charge is 0.464 e. The van der Waals surface area contributed by atoms with Crippen molar-refractivity contribution in [3.63, 3.8) is 0 Å². The highest BCUT2D eigenvalue weighted by molar-refractivity contribution is 6.04. The van der Waals surface area contributed by atoms with Crippen LogP contribution in [0.25, 0.3) is 0 Å². The monoisotopic (exact) mass is 576 g/mol. The molecule has 0 aromatic heterocycles. The number of nitrogens with one attached hydrogen (secondary N) is 3. The van der Waals surface area contributed by atoms with Crippen molar-refractivity contribution >= 4 is 29.5 Å². The summed E-state index contributed by atoms with van der Waals surface area (Å²) < 4.78 is 15.6. The van der Waals surface area contributed by atoms with E-state index in [-0.39, 0.29) is 24.4 Å². The second-order valence-electron chi connectivity index (χ2n) is 9.87. The van der Waals surface area contributed by atoms with Crippen molar-refractivity contribution in [2.75, 3.05) is 38.7 Å². The third kappa shape index (κ3) is 8.82. The number of aryl methyl sites for hydroxylation is 1. The van der Waals surface area contributed by atoms with Crippen LogP contribution < -0.4 is 10.6 Å². The van der Waals surface area contributed by atoms with E-state index in [2.05, 4.69) is 22.5 Å². The average molecular weight is 577 g/mol. The van der Waals surface area contributed by atoms with E-state index in [1.807, 2.05) is 38.1 Å². The lowest BCUT2D eigenvalue weighted by Crippen LogP contribution is -2.47. The van der Waals surface area contributed by atoms with Gasteiger partial charge in [0, 0.05) is 36.0 Å². The number of hydrogen-bond acceptors (Lipinski definition) is 8. The Morgan fingerprint density at radius 3 is 2.55 bits per heavy atom. The summed E-state index contributed by atoms with van der Waals surface area (Å²) in [4.78, 5) is 39.2. The number of alkyl carbamates (subject to hydrolysis) is 1. The first-order valence-corrected chi connectivity index (χ1v) is 14.3. The van der Waals surface area contributed by atoms with Crippen LogP contribution >= 0.6 is 0 Å². The maximum atomic E-state index is 13.4. The number of anilines is 1. The molecule has 42 heavy (non-hydrogen) atoms. The average Bonchev–Trinajstić information content (AvgIpc) is 3.45. The summed E-state index contributed by atoms with van der Waals surface area (Å²) in [6.45, 7) is 7.15. The summed E-state index contributed by atoms with van der Waals surface area (Å²) in [6, 6.07) is 12.2. The van der Waals surface area contributed by atoms with Crippen molar-refractivity contribution in [1.82, 2.24) is 10.2 Å². The molecule has 1 saturated heterocycles. The number of amidine groups is 1. The van der Waals surface area contributed by atoms with Crippen LogP contribution in [0.5, 0.6) is 0 Å². The molecule has 0 bridgehead atoms. The topological polar surface area (TPSA) is 130 Å². The number of hydrogen-bond donors (Lipinski definition) is 3. The second-order valence-corrected chi connectivity index (χ2v) is 9.87. The maximum absolute atomic E-state index is 13.4. The van der Waals surface area contributed by atoms with Crippen LogP contribution in [0.3, 0.4) is 0 Å². The molecule has 3 rings (SSSR count). The molecule has 2 amide bonds. The third-order valence-electron chi connectivity index (χ3n) is 6.88. The van der Waals surface area contributed by atoms with Crippen LogP contribution in [0.15, 0.2) is 42.5 Å². The number of nitrogens with zero attached hydrogens (tertiary/aromatic N) is 1. The minimum absolute atomic E-state index is 0.0297. The molecule has 3 N–H and O–H groups in total. The number of carbonyl (C=O) groups excluding carboxylic acids is 3. The van der Waals surface area contributed by atoms with Crippen LogP contribution in [0.4, 0.5) is 10.5 Å². The smallest absolute Gasteiger partial charge is 0.412 e. The molecular weight excluding hydrogens is 536 g/mol. The molecule has 10 nitrogen and oxygen atoms in total. The van der Waals surface area contributed by atoms with Gasteiger partial charge < -0.3 is 24.4 Å². The predicted molar refractivity (Wildman–Crippen MR) is 161 cm³/mol. The summed E-state index contributed by atoms with van der Waals surface area (Å²) in [5, 5.41) is 13.7. The Bertz CT molecular complexity index is 1310. The number of methoxy groups -OCH3 is 1. The molecule has 1 heterocycles. The standard InChI is InChI=1S/C32H40N4O6/c1-5-7-20-42-32(39)35-29(33)24-13-15-25(16-14-24)34-18-8-10-23-12-17-26(22(3)21-23)30(37)36-19-9-11-27(36)28(40-4)31(38)41-6-2/h12-17,21,27-28,34H,5-7,9,11,18-20H2,1-4H3,(H2,33,35,39). The first-order chi connectivity index (χ1) is 20.3. The molecule has 0 spiro atoms. The number of unbranched alkanes of at least 4 members (excludes halogenated alkanes) is 1. The van der Waals surface area contributed by atoms with E-state index >= 15 is 0 Å². The van der Waals surface area contributed by atoms with Gasteiger partial charge in [-0.15, -0.1) is 0 Å². The van der Waals surface area contributed by atoms with E-state index < -0.39 is 18.2 Å². The zero-order valence-corrected chi connectivity index (χ0v) is 24.7. The fraction of sp³-hybridized carbons (Fsp3) is 0.438. The quantitative estimate of drug-likeness (QED) is 0.118. The molecule has 224 valence electrons. The minimum Gasteiger partial charge on any atom is -0.464 e. The molecule has 0 aliphatic carbocycles. The molecule has 1 aliphatic heterocycles. The molecule has 2 atom stereocenters. The zero-order chi connectivity index (χ0) is 30.5. The summed E-state index contributed by atoms with van der Waals surface area (Å²) in [6.07, 6.45) is 1.73. The lowest BCUT2D eigenvalue weighted by Gasteiger charge is -2.30. The summed E-state index contributed by atoms with van der Waals surface area (Å²) in [7, 11) is 1.46. The number of benzene rings is 2. The number of rotatable bonds is 11. The molecule has 0 saturated carbocycles. The van der Waals surface area contributed by atoms with Crippen LogP contribution in [-0.4, -0.2) is 74.3 Å². The van der Waals surface area contributed by atoms with Crippen LogP contribution in [-0.2, 0) is 19.0 Å². The molecule has 0 radical (unpaired) electrons. The Labute approximate surface area is 247 Å². The normalized spacial score (nSPS) is 14.8. The highest BCUT2D eigenvalue weighted by Gasteiger charge is 2.40. The van der Waals surface area contributed by atoms with Crippen molar-refractivity contribution in [3.8, 4) is 11.8 Å². The van der Waals surface area contributed by atoms with E-state index in [1.54, 1.807) is 30.0 Å². The first-order valence-electron chi connectivity index (χ1n) is 14.3. The van der Waals surface area contributed by atoms with E-state index in [9.17, 15) is 14.4 Å². The van der Waals surface area contributed by atoms with Crippen molar-refractivity contribution in [1.29, 1.82) is 5.41 Å². The van der Waals surface area contributed by atoms with Gasteiger partial charge in [-0.05, 0) is 81.1 Å². The van der Waals surface area contributed by atoms with E-state index in [1.165, 1.54) is 7.11 Å². The first kappa shape index (κ1) is 32.2. The summed E-state index contributed by atoms with van der Waals surface area (Å²) in [5.74, 6) is 5.58. The third-order valence-corrected chi connectivity index (χ3v) is 6.88. The number of ether oxygens (including phenoxy) is 3. The van der Waals surface area contributed by atoms with Crippen LogP contribution in [0.1, 0.15) is 66.6 Å².